The van der Waals surface area contributed by atoms with E-state index in [4.69, 9.17) is 0 Å². The Morgan fingerprint density at radius 2 is 2.09 bits per heavy atom. The number of fused-ring (bicyclic) bond motifs is 1. The molecule has 3 N–H and O–H groups in total. The molecule has 1 saturated heterocycles. The predicted octanol–water partition coefficient (Wildman–Crippen LogP) is 2.94. The first-order valence-electron chi connectivity index (χ1n) is 8.68. The van der Waals surface area contributed by atoms with Crippen LogP contribution in [0.3, 0.4) is 0 Å². The lowest BCUT2D eigenvalue weighted by atomic mass is 9.73. The molecule has 1 unspecified atom stereocenters. The van der Waals surface area contributed by atoms with E-state index in [1.807, 2.05) is 12.1 Å². The molecule has 23 heavy (non-hydrogen) atoms. The summed E-state index contributed by atoms with van der Waals surface area (Å²) in [7, 11) is 0. The monoisotopic (exact) mass is 314 g/mol. The number of amides is 1. The summed E-state index contributed by atoms with van der Waals surface area (Å²) in [6.45, 7) is 3.07. The van der Waals surface area contributed by atoms with Crippen molar-refractivity contribution in [3.8, 4) is 0 Å². The summed E-state index contributed by atoms with van der Waals surface area (Å²) in [5.41, 5.74) is 3.26. The number of aryl methyl sites for hydroxylation is 1. The molecule has 0 saturated carbocycles. The van der Waals surface area contributed by atoms with Gasteiger partial charge < -0.3 is 15.4 Å². The fourth-order valence-electron chi connectivity index (χ4n) is 3.91. The van der Waals surface area contributed by atoms with Crippen LogP contribution in [0.4, 0.5) is 0 Å². The summed E-state index contributed by atoms with van der Waals surface area (Å²) in [5, 5.41) is 13.6. The molecule has 4 heteroatoms. The smallest absolute Gasteiger partial charge is 0.226 e. The molecule has 3 rings (SSSR count). The van der Waals surface area contributed by atoms with Gasteiger partial charge >= 0.3 is 0 Å². The molecule has 1 atom stereocenters. The molecule has 4 nitrogen and oxygen atoms in total. The number of hydrogen-bond donors (Lipinski definition) is 3. The third-order valence-electron chi connectivity index (χ3n) is 5.39. The fraction of sp³-hybridized carbons (Fsp3) is 0.526. The van der Waals surface area contributed by atoms with Crippen LogP contribution in [0.5, 0.6) is 0 Å². The maximum Gasteiger partial charge on any atom is 0.226 e. The van der Waals surface area contributed by atoms with Gasteiger partial charge in [0.1, 0.15) is 0 Å². The van der Waals surface area contributed by atoms with Gasteiger partial charge in [0.05, 0.1) is 0 Å². The van der Waals surface area contributed by atoms with Gasteiger partial charge in [-0.25, -0.2) is 0 Å². The van der Waals surface area contributed by atoms with Gasteiger partial charge in [0.2, 0.25) is 5.91 Å². The largest absolute Gasteiger partial charge is 0.396 e. The van der Waals surface area contributed by atoms with Gasteiger partial charge in [-0.1, -0.05) is 25.1 Å². The Bertz CT molecular complexity index is 692. The van der Waals surface area contributed by atoms with Crippen molar-refractivity contribution in [2.24, 2.45) is 5.41 Å². The molecule has 1 aliphatic heterocycles. The minimum atomic E-state index is -0.230. The first-order chi connectivity index (χ1) is 11.2. The van der Waals surface area contributed by atoms with Crippen molar-refractivity contribution < 1.29 is 9.90 Å². The lowest BCUT2D eigenvalue weighted by Gasteiger charge is -2.35. The second-order valence-electron chi connectivity index (χ2n) is 6.59. The lowest BCUT2D eigenvalue weighted by Crippen LogP contribution is -2.45. The van der Waals surface area contributed by atoms with Crippen LogP contribution < -0.4 is 5.32 Å². The van der Waals surface area contributed by atoms with E-state index in [0.717, 1.165) is 44.2 Å². The highest BCUT2D eigenvalue weighted by Crippen LogP contribution is 2.37. The number of H-pyrrole nitrogens is 1. The number of carbonyl (C=O) groups is 1. The van der Waals surface area contributed by atoms with Gasteiger partial charge in [-0.05, 0) is 50.2 Å². The zero-order valence-corrected chi connectivity index (χ0v) is 13.8. The summed E-state index contributed by atoms with van der Waals surface area (Å²) in [5.74, 6) is 0.214. The van der Waals surface area contributed by atoms with Gasteiger partial charge in [0.25, 0.3) is 0 Å². The van der Waals surface area contributed by atoms with E-state index in [-0.39, 0.29) is 17.9 Å². The second kappa shape index (κ2) is 6.75. The van der Waals surface area contributed by atoms with Crippen LogP contribution in [-0.2, 0) is 17.6 Å². The van der Waals surface area contributed by atoms with Crippen molar-refractivity contribution in [3.63, 3.8) is 0 Å². The SMILES string of the molecule is CCC1(CCc2[nH]c3ccccc3c2CCO)CCCNC1=O. The van der Waals surface area contributed by atoms with Crippen LogP contribution in [-0.4, -0.2) is 29.1 Å². The molecule has 0 bridgehead atoms. The minimum Gasteiger partial charge on any atom is -0.396 e. The average Bonchev–Trinajstić information content (AvgIpc) is 2.93. The number of nitrogens with one attached hydrogen (secondary N) is 2. The fourth-order valence-corrected chi connectivity index (χ4v) is 3.91. The quantitative estimate of drug-likeness (QED) is 0.767. The molecule has 0 spiro atoms. The number of aliphatic hydroxyl groups is 1. The van der Waals surface area contributed by atoms with Gasteiger partial charge in [0, 0.05) is 35.2 Å². The number of para-hydroxylation sites is 1. The van der Waals surface area contributed by atoms with Crippen LogP contribution in [0.2, 0.25) is 0 Å². The normalized spacial score (nSPS) is 21.6. The zero-order chi connectivity index (χ0) is 16.3. The molecule has 1 aromatic carbocycles. The number of aliphatic hydroxyl groups excluding tert-OH is 1. The van der Waals surface area contributed by atoms with E-state index in [2.05, 4.69) is 29.4 Å². The van der Waals surface area contributed by atoms with Crippen molar-refractivity contribution in [3.05, 3.63) is 35.5 Å². The summed E-state index contributed by atoms with van der Waals surface area (Å²) < 4.78 is 0. The molecule has 1 fully saturated rings. The number of rotatable bonds is 6. The third-order valence-corrected chi connectivity index (χ3v) is 5.39. The summed E-state index contributed by atoms with van der Waals surface area (Å²) >= 11 is 0. The Labute approximate surface area is 137 Å². The molecule has 0 radical (unpaired) electrons. The average molecular weight is 314 g/mol. The van der Waals surface area contributed by atoms with Gasteiger partial charge in [-0.3, -0.25) is 4.79 Å². The van der Waals surface area contributed by atoms with Gasteiger partial charge in [-0.15, -0.1) is 0 Å². The van der Waals surface area contributed by atoms with Crippen molar-refractivity contribution in [1.82, 2.24) is 10.3 Å². The molecule has 124 valence electrons. The van der Waals surface area contributed by atoms with Crippen LogP contribution in [0.15, 0.2) is 24.3 Å². The molecule has 0 aliphatic carbocycles. The number of aromatic nitrogens is 1. The number of aromatic amines is 1. The first kappa shape index (κ1) is 16.1. The highest BCUT2D eigenvalue weighted by molar-refractivity contribution is 5.85. The Kier molecular flexibility index (Phi) is 4.71. The predicted molar refractivity (Wildman–Crippen MR) is 92.4 cm³/mol. The topological polar surface area (TPSA) is 65.1 Å². The Hall–Kier alpha value is -1.81. The molecular formula is C19H26N2O2. The summed E-state index contributed by atoms with van der Waals surface area (Å²) in [6.07, 6.45) is 5.30. The van der Waals surface area contributed by atoms with Crippen molar-refractivity contribution in [2.45, 2.75) is 45.4 Å². The lowest BCUT2D eigenvalue weighted by molar-refractivity contribution is -0.134. The van der Waals surface area contributed by atoms with Gasteiger partial charge in [-0.2, -0.15) is 0 Å². The number of hydrogen-bond acceptors (Lipinski definition) is 2. The summed E-state index contributed by atoms with van der Waals surface area (Å²) in [6, 6.07) is 8.22. The standard InChI is InChI=1S/C19H26N2O2/c1-2-19(10-5-12-20-18(19)23)11-8-17-15(9-13-22)14-6-3-4-7-16(14)21-17/h3-4,6-7,21-22H,2,5,8-13H2,1H3,(H,20,23). The minimum absolute atomic E-state index is 0.147. The Morgan fingerprint density at radius 3 is 2.83 bits per heavy atom. The molecule has 1 aliphatic rings. The van der Waals surface area contributed by atoms with Gasteiger partial charge in [0.15, 0.2) is 0 Å². The van der Waals surface area contributed by atoms with E-state index in [9.17, 15) is 9.90 Å². The maximum absolute atomic E-state index is 12.4. The van der Waals surface area contributed by atoms with Crippen molar-refractivity contribution >= 4 is 16.8 Å². The summed E-state index contributed by atoms with van der Waals surface area (Å²) in [4.78, 5) is 15.9. The van der Waals surface area contributed by atoms with Crippen LogP contribution in [0.1, 0.15) is 43.9 Å². The molecule has 2 aromatic rings. The molecule has 1 amide bonds. The van der Waals surface area contributed by atoms with E-state index in [0.29, 0.717) is 6.42 Å². The zero-order valence-electron chi connectivity index (χ0n) is 13.8. The van der Waals surface area contributed by atoms with E-state index < -0.39 is 0 Å². The second-order valence-corrected chi connectivity index (χ2v) is 6.59. The molecular weight excluding hydrogens is 288 g/mol. The number of piperidine rings is 1. The molecule has 1 aromatic heterocycles. The van der Waals surface area contributed by atoms with E-state index >= 15 is 0 Å². The Balaban J connectivity index is 1.86. The Morgan fingerprint density at radius 1 is 1.26 bits per heavy atom. The maximum atomic E-state index is 12.4. The molecule has 2 heterocycles. The van der Waals surface area contributed by atoms with E-state index in [1.165, 1.54) is 16.6 Å². The van der Waals surface area contributed by atoms with Crippen molar-refractivity contribution in [1.29, 1.82) is 0 Å². The van der Waals surface area contributed by atoms with Crippen LogP contribution in [0, 0.1) is 5.41 Å². The first-order valence-corrected chi connectivity index (χ1v) is 8.68. The number of benzene rings is 1. The van der Waals surface area contributed by atoms with Crippen molar-refractivity contribution in [2.75, 3.05) is 13.2 Å². The van der Waals surface area contributed by atoms with Crippen LogP contribution >= 0.6 is 0 Å². The third kappa shape index (κ3) is 3.00. The highest BCUT2D eigenvalue weighted by Gasteiger charge is 2.38. The van der Waals surface area contributed by atoms with Crippen LogP contribution in [0.25, 0.3) is 10.9 Å². The highest BCUT2D eigenvalue weighted by atomic mass is 16.3. The number of carbonyl (C=O) groups excluding carboxylic acids is 1. The van der Waals surface area contributed by atoms with E-state index in [1.54, 1.807) is 0 Å².